The van der Waals surface area contributed by atoms with Crippen LogP contribution in [0.2, 0.25) is 5.02 Å². The van der Waals surface area contributed by atoms with E-state index in [1.807, 2.05) is 24.3 Å². The summed E-state index contributed by atoms with van der Waals surface area (Å²) in [7, 11) is 0. The topological polar surface area (TPSA) is 56.9 Å². The Balaban J connectivity index is 2.05. The smallest absolute Gasteiger partial charge is 0.213 e. The van der Waals surface area contributed by atoms with Gasteiger partial charge in [0.1, 0.15) is 5.69 Å². The molecule has 0 aliphatic heterocycles. The molecule has 1 heterocycles. The number of fused-ring (bicyclic) bond motifs is 1. The number of rotatable bonds is 1. The highest BCUT2D eigenvalue weighted by Gasteiger charge is 2.31. The zero-order valence-electron chi connectivity index (χ0n) is 11.0. The fraction of sp³-hybridized carbons (Fsp3) is 0.267. The van der Waals surface area contributed by atoms with Crippen molar-refractivity contribution in [1.29, 1.82) is 0 Å². The number of carbonyl (C=O) groups excluding carboxylic acids is 1. The number of benzene rings is 1. The molecule has 0 radical (unpaired) electrons. The molecule has 3 rings (SSSR count). The van der Waals surface area contributed by atoms with E-state index in [0.717, 1.165) is 5.56 Å². The van der Waals surface area contributed by atoms with Gasteiger partial charge < -0.3 is 5.21 Å². The van der Waals surface area contributed by atoms with Gasteiger partial charge in [-0.2, -0.15) is 0 Å². The normalized spacial score (nSPS) is 17.9. The lowest BCUT2D eigenvalue weighted by atomic mass is 9.81. The molecule has 2 aromatic rings. The lowest BCUT2D eigenvalue weighted by molar-refractivity contribution is -0.670. The van der Waals surface area contributed by atoms with E-state index in [-0.39, 0.29) is 11.7 Å². The molecule has 1 aromatic heterocycles. The van der Waals surface area contributed by atoms with Crippen LogP contribution >= 0.6 is 11.6 Å². The number of hydrogen-bond acceptors (Lipinski definition) is 3. The zero-order chi connectivity index (χ0) is 14.3. The van der Waals surface area contributed by atoms with Crippen LogP contribution < -0.4 is 4.85 Å². The standard InChI is InChI=1S/C15H13ClN2O2/c1-9-8-18(20)17-13-6-10(7-14(19)15(9)13)11-4-2-3-5-12(11)16/h2-5,8,10H,6-7H2,1H3. The second-order valence-corrected chi connectivity index (χ2v) is 5.49. The zero-order valence-corrected chi connectivity index (χ0v) is 11.7. The van der Waals surface area contributed by atoms with E-state index in [4.69, 9.17) is 11.6 Å². The second-order valence-electron chi connectivity index (χ2n) is 5.09. The Bertz CT molecular complexity index is 700. The third kappa shape index (κ3) is 2.16. The number of nitrogens with zero attached hydrogens (tertiary/aromatic N) is 2. The minimum atomic E-state index is -0.0157. The van der Waals surface area contributed by atoms with Crippen molar-refractivity contribution in [1.82, 2.24) is 5.10 Å². The van der Waals surface area contributed by atoms with Gasteiger partial charge in [0.05, 0.1) is 5.56 Å². The Morgan fingerprint density at radius 3 is 2.85 bits per heavy atom. The Morgan fingerprint density at radius 1 is 1.35 bits per heavy atom. The first-order valence-corrected chi connectivity index (χ1v) is 6.81. The van der Waals surface area contributed by atoms with Crippen LogP contribution in [0.15, 0.2) is 30.5 Å². The second kappa shape index (κ2) is 4.87. The van der Waals surface area contributed by atoms with Crippen molar-refractivity contribution in [2.45, 2.75) is 25.7 Å². The van der Waals surface area contributed by atoms with E-state index < -0.39 is 0 Å². The predicted molar refractivity (Wildman–Crippen MR) is 74.8 cm³/mol. The van der Waals surface area contributed by atoms with Crippen LogP contribution in [0.4, 0.5) is 0 Å². The van der Waals surface area contributed by atoms with Gasteiger partial charge in [-0.3, -0.25) is 4.79 Å². The summed E-state index contributed by atoms with van der Waals surface area (Å²) in [6, 6.07) is 7.50. The molecular formula is C15H13ClN2O2. The molecule has 1 aliphatic carbocycles. The van der Waals surface area contributed by atoms with Gasteiger partial charge in [-0.1, -0.05) is 34.6 Å². The third-order valence-electron chi connectivity index (χ3n) is 3.70. The molecule has 1 aliphatic rings. The van der Waals surface area contributed by atoms with E-state index >= 15 is 0 Å². The quantitative estimate of drug-likeness (QED) is 0.599. The number of ketones is 1. The molecule has 0 saturated carbocycles. The van der Waals surface area contributed by atoms with E-state index in [9.17, 15) is 10.0 Å². The first kappa shape index (κ1) is 13.1. The summed E-state index contributed by atoms with van der Waals surface area (Å²) in [5.74, 6) is 0.0137. The monoisotopic (exact) mass is 288 g/mol. The van der Waals surface area contributed by atoms with Crippen LogP contribution in [0.1, 0.15) is 39.5 Å². The van der Waals surface area contributed by atoms with Crippen molar-refractivity contribution >= 4 is 17.4 Å². The van der Waals surface area contributed by atoms with Gasteiger partial charge in [0, 0.05) is 28.5 Å². The van der Waals surface area contributed by atoms with Gasteiger partial charge in [0.25, 0.3) is 0 Å². The van der Waals surface area contributed by atoms with E-state index in [2.05, 4.69) is 5.10 Å². The highest BCUT2D eigenvalue weighted by molar-refractivity contribution is 6.31. The van der Waals surface area contributed by atoms with Gasteiger partial charge in [-0.05, 0) is 24.5 Å². The number of aromatic nitrogens is 2. The van der Waals surface area contributed by atoms with Crippen molar-refractivity contribution < 1.29 is 9.64 Å². The summed E-state index contributed by atoms with van der Waals surface area (Å²) in [6.45, 7) is 1.77. The maximum Gasteiger partial charge on any atom is 0.213 e. The van der Waals surface area contributed by atoms with E-state index in [1.165, 1.54) is 6.20 Å². The van der Waals surface area contributed by atoms with Crippen molar-refractivity contribution in [3.63, 3.8) is 0 Å². The number of hydrogen-bond donors (Lipinski definition) is 0. The minimum absolute atomic E-state index is 0.0157. The van der Waals surface area contributed by atoms with Crippen molar-refractivity contribution in [3.8, 4) is 0 Å². The SMILES string of the molecule is Cc1c[n+]([O-])nc2c1C(=O)CC(c1ccccc1Cl)C2. The summed E-state index contributed by atoms with van der Waals surface area (Å²) < 4.78 is 0. The van der Waals surface area contributed by atoms with E-state index in [0.29, 0.717) is 39.5 Å². The lowest BCUT2D eigenvalue weighted by Gasteiger charge is -2.23. The average molecular weight is 289 g/mol. The summed E-state index contributed by atoms with van der Waals surface area (Å²) in [5, 5.41) is 16.0. The Hall–Kier alpha value is -1.94. The highest BCUT2D eigenvalue weighted by Crippen LogP contribution is 2.35. The van der Waals surface area contributed by atoms with Crippen LogP contribution in [0.3, 0.4) is 0 Å². The number of aryl methyl sites for hydroxylation is 1. The number of carbonyl (C=O) groups is 1. The van der Waals surface area contributed by atoms with Crippen LogP contribution in [0.5, 0.6) is 0 Å². The largest absolute Gasteiger partial charge is 0.594 e. The molecule has 0 saturated heterocycles. The molecular weight excluding hydrogens is 276 g/mol. The Kier molecular flexibility index (Phi) is 3.18. The fourth-order valence-corrected chi connectivity index (χ4v) is 3.13. The first-order chi connectivity index (χ1) is 9.56. The molecule has 1 atom stereocenters. The van der Waals surface area contributed by atoms with Gasteiger partial charge in [-0.15, -0.1) is 0 Å². The molecule has 102 valence electrons. The summed E-state index contributed by atoms with van der Waals surface area (Å²) in [6.07, 6.45) is 2.31. The van der Waals surface area contributed by atoms with Crippen LogP contribution in [-0.2, 0) is 6.42 Å². The highest BCUT2D eigenvalue weighted by atomic mass is 35.5. The average Bonchev–Trinajstić information content (AvgIpc) is 2.37. The van der Waals surface area contributed by atoms with Crippen molar-refractivity contribution in [2.24, 2.45) is 0 Å². The Morgan fingerprint density at radius 2 is 2.10 bits per heavy atom. The molecule has 0 N–H and O–H groups in total. The van der Waals surface area contributed by atoms with Crippen LogP contribution in [0, 0.1) is 12.1 Å². The van der Waals surface area contributed by atoms with Gasteiger partial charge in [0.15, 0.2) is 5.78 Å². The van der Waals surface area contributed by atoms with Crippen LogP contribution in [-0.4, -0.2) is 10.9 Å². The molecule has 0 fully saturated rings. The lowest BCUT2D eigenvalue weighted by Crippen LogP contribution is -2.36. The molecule has 0 spiro atoms. The van der Waals surface area contributed by atoms with Gasteiger partial charge in [-0.25, -0.2) is 0 Å². The Labute approximate surface area is 121 Å². The molecule has 20 heavy (non-hydrogen) atoms. The summed E-state index contributed by atoms with van der Waals surface area (Å²) >= 11 is 6.20. The number of halogens is 1. The molecule has 1 unspecified atom stereocenters. The van der Waals surface area contributed by atoms with E-state index in [1.54, 1.807) is 6.92 Å². The molecule has 5 heteroatoms. The molecule has 4 nitrogen and oxygen atoms in total. The van der Waals surface area contributed by atoms with Crippen LogP contribution in [0.25, 0.3) is 0 Å². The predicted octanol–water partition coefficient (Wildman–Crippen LogP) is 2.59. The van der Waals surface area contributed by atoms with Crippen molar-refractivity contribution in [3.05, 3.63) is 63.1 Å². The summed E-state index contributed by atoms with van der Waals surface area (Å²) in [4.78, 5) is 12.8. The molecule has 0 bridgehead atoms. The summed E-state index contributed by atoms with van der Waals surface area (Å²) in [5.41, 5.74) is 2.79. The van der Waals surface area contributed by atoms with Gasteiger partial charge >= 0.3 is 0 Å². The maximum absolute atomic E-state index is 12.3. The molecule has 0 amide bonds. The number of Topliss-reactive ketones (excluding diaryl/α,β-unsaturated/α-hetero) is 1. The maximum atomic E-state index is 12.3. The van der Waals surface area contributed by atoms with Gasteiger partial charge in [0.2, 0.25) is 6.20 Å². The third-order valence-corrected chi connectivity index (χ3v) is 4.05. The fourth-order valence-electron chi connectivity index (χ4n) is 2.84. The minimum Gasteiger partial charge on any atom is -0.594 e. The van der Waals surface area contributed by atoms with Crippen molar-refractivity contribution in [2.75, 3.05) is 0 Å². The molecule has 1 aromatic carbocycles. The first-order valence-electron chi connectivity index (χ1n) is 6.44.